The van der Waals surface area contributed by atoms with Crippen molar-refractivity contribution in [2.24, 2.45) is 5.92 Å². The van der Waals surface area contributed by atoms with Crippen molar-refractivity contribution >= 4 is 9.84 Å². The zero-order chi connectivity index (χ0) is 14.0. The molecule has 0 aliphatic carbocycles. The molecule has 2 unspecified atom stereocenters. The van der Waals surface area contributed by atoms with Crippen molar-refractivity contribution < 1.29 is 8.42 Å². The fourth-order valence-corrected chi connectivity index (χ4v) is 4.57. The predicted molar refractivity (Wildman–Crippen MR) is 73.7 cm³/mol. The lowest BCUT2D eigenvalue weighted by molar-refractivity contribution is 0.383. The molecule has 7 heteroatoms. The maximum atomic E-state index is 11.6. The lowest BCUT2D eigenvalue weighted by atomic mass is 9.96. The second-order valence-corrected chi connectivity index (χ2v) is 7.71. The van der Waals surface area contributed by atoms with Gasteiger partial charge in [-0.25, -0.2) is 18.1 Å². The first kappa shape index (κ1) is 14.5. The summed E-state index contributed by atoms with van der Waals surface area (Å²) in [5, 5.41) is 7.46. The van der Waals surface area contributed by atoms with Gasteiger partial charge in [0.15, 0.2) is 9.84 Å². The molecule has 1 N–H and O–H groups in total. The van der Waals surface area contributed by atoms with Crippen molar-refractivity contribution in [2.75, 3.05) is 18.6 Å². The normalized spacial score (nSPS) is 23.9. The van der Waals surface area contributed by atoms with Gasteiger partial charge in [0, 0.05) is 18.5 Å². The number of rotatable bonds is 5. The Hall–Kier alpha value is -0.950. The number of nitrogens with zero attached hydrogens (tertiary/aromatic N) is 3. The van der Waals surface area contributed by atoms with Crippen LogP contribution in [0.3, 0.4) is 0 Å². The van der Waals surface area contributed by atoms with Crippen LogP contribution in [-0.2, 0) is 16.3 Å². The zero-order valence-corrected chi connectivity index (χ0v) is 12.5. The van der Waals surface area contributed by atoms with Crippen LogP contribution >= 0.6 is 0 Å². The smallest absolute Gasteiger partial charge is 0.150 e. The Morgan fingerprint density at radius 1 is 1.53 bits per heavy atom. The van der Waals surface area contributed by atoms with E-state index in [-0.39, 0.29) is 23.8 Å². The van der Waals surface area contributed by atoms with Crippen molar-refractivity contribution in [1.82, 2.24) is 20.1 Å². The highest BCUT2D eigenvalue weighted by Crippen LogP contribution is 2.23. The predicted octanol–water partition coefficient (Wildman–Crippen LogP) is 0.424. The van der Waals surface area contributed by atoms with E-state index < -0.39 is 9.84 Å². The van der Waals surface area contributed by atoms with E-state index in [1.165, 1.54) is 0 Å². The van der Waals surface area contributed by atoms with Crippen molar-refractivity contribution in [3.05, 3.63) is 12.2 Å². The molecule has 0 aromatic carbocycles. The first-order valence-corrected chi connectivity index (χ1v) is 8.51. The minimum Gasteiger partial charge on any atom is -0.316 e. The lowest BCUT2D eigenvalue weighted by Crippen LogP contribution is -2.37. The van der Waals surface area contributed by atoms with Crippen LogP contribution < -0.4 is 5.32 Å². The maximum absolute atomic E-state index is 11.6. The van der Waals surface area contributed by atoms with Gasteiger partial charge in [0.1, 0.15) is 12.2 Å². The summed E-state index contributed by atoms with van der Waals surface area (Å²) < 4.78 is 25.1. The summed E-state index contributed by atoms with van der Waals surface area (Å²) in [5.74, 6) is 1.69. The van der Waals surface area contributed by atoms with Crippen LogP contribution in [0.2, 0.25) is 0 Å². The molecule has 1 aliphatic rings. The summed E-state index contributed by atoms with van der Waals surface area (Å²) in [5.41, 5.74) is 0. The summed E-state index contributed by atoms with van der Waals surface area (Å²) in [6.45, 7) is 4.12. The van der Waals surface area contributed by atoms with Gasteiger partial charge in [-0.2, -0.15) is 5.10 Å². The molecule has 1 aliphatic heterocycles. The van der Waals surface area contributed by atoms with E-state index in [1.807, 2.05) is 11.7 Å². The summed E-state index contributed by atoms with van der Waals surface area (Å²) in [7, 11) is -0.958. The van der Waals surface area contributed by atoms with Gasteiger partial charge in [-0.15, -0.1) is 0 Å². The highest BCUT2D eigenvalue weighted by atomic mass is 32.2. The van der Waals surface area contributed by atoms with Gasteiger partial charge in [-0.05, 0) is 33.2 Å². The van der Waals surface area contributed by atoms with Gasteiger partial charge in [0.05, 0.1) is 11.5 Å². The largest absolute Gasteiger partial charge is 0.316 e. The summed E-state index contributed by atoms with van der Waals surface area (Å²) in [6.07, 6.45) is 3.02. The molecule has 1 saturated heterocycles. The zero-order valence-electron chi connectivity index (χ0n) is 11.7. The molecule has 108 valence electrons. The number of likely N-dealkylation sites (N-methyl/N-ethyl adjacent to an activating group) is 1. The third kappa shape index (κ3) is 3.33. The third-order valence-electron chi connectivity index (χ3n) is 3.75. The topological polar surface area (TPSA) is 76.9 Å². The van der Waals surface area contributed by atoms with Crippen LogP contribution in [0.1, 0.15) is 32.1 Å². The maximum Gasteiger partial charge on any atom is 0.150 e. The molecule has 1 fully saturated rings. The molecule has 2 rings (SSSR count). The van der Waals surface area contributed by atoms with E-state index in [1.54, 1.807) is 6.33 Å². The molecule has 2 heterocycles. The molecule has 2 atom stereocenters. The molecule has 0 radical (unpaired) electrons. The molecule has 0 spiro atoms. The molecule has 0 saturated carbocycles. The van der Waals surface area contributed by atoms with Crippen LogP contribution in [0, 0.1) is 5.92 Å². The van der Waals surface area contributed by atoms with Gasteiger partial charge < -0.3 is 5.32 Å². The van der Waals surface area contributed by atoms with Crippen LogP contribution in [0.4, 0.5) is 0 Å². The number of hydrogen-bond donors (Lipinski definition) is 1. The lowest BCUT2D eigenvalue weighted by Gasteiger charge is -2.22. The highest BCUT2D eigenvalue weighted by molar-refractivity contribution is 7.91. The number of hydrogen-bond acceptors (Lipinski definition) is 5. The second-order valence-electron chi connectivity index (χ2n) is 5.48. The van der Waals surface area contributed by atoms with E-state index in [4.69, 9.17) is 0 Å². The van der Waals surface area contributed by atoms with E-state index in [0.29, 0.717) is 5.75 Å². The molecule has 0 bridgehead atoms. The van der Waals surface area contributed by atoms with Gasteiger partial charge in [0.2, 0.25) is 0 Å². The first-order chi connectivity index (χ1) is 8.93. The Morgan fingerprint density at radius 2 is 2.26 bits per heavy atom. The van der Waals surface area contributed by atoms with Crippen molar-refractivity contribution in [3.63, 3.8) is 0 Å². The minimum atomic E-state index is -2.84. The Balaban J connectivity index is 2.09. The monoisotopic (exact) mass is 286 g/mol. The first-order valence-electron chi connectivity index (χ1n) is 6.69. The number of aromatic nitrogens is 3. The molecular weight excluding hydrogens is 264 g/mol. The van der Waals surface area contributed by atoms with Crippen LogP contribution in [0.25, 0.3) is 0 Å². The SMILES string of the molecule is CNC(Cc1ncnn1C(C)C)C1CCS(=O)(=O)C1. The summed E-state index contributed by atoms with van der Waals surface area (Å²) in [6, 6.07) is 0.404. The van der Waals surface area contributed by atoms with Crippen LogP contribution in [0.5, 0.6) is 0 Å². The Kier molecular flexibility index (Phi) is 4.25. The third-order valence-corrected chi connectivity index (χ3v) is 5.54. The van der Waals surface area contributed by atoms with Gasteiger partial charge in [0.25, 0.3) is 0 Å². The average Bonchev–Trinajstić information content (AvgIpc) is 2.92. The molecule has 19 heavy (non-hydrogen) atoms. The van der Waals surface area contributed by atoms with Crippen molar-refractivity contribution in [2.45, 2.75) is 38.8 Å². The molecule has 1 aromatic rings. The van der Waals surface area contributed by atoms with Gasteiger partial charge in [-0.1, -0.05) is 0 Å². The number of sulfone groups is 1. The van der Waals surface area contributed by atoms with Crippen molar-refractivity contribution in [3.8, 4) is 0 Å². The van der Waals surface area contributed by atoms with E-state index in [2.05, 4.69) is 29.2 Å². The Labute approximate surface area is 114 Å². The standard InChI is InChI=1S/C12H22N4O2S/c1-9(2)16-12(14-8-15-16)6-11(13-3)10-4-5-19(17,18)7-10/h8-11,13H,4-7H2,1-3H3. The van der Waals surface area contributed by atoms with E-state index in [0.717, 1.165) is 18.7 Å². The molecule has 6 nitrogen and oxygen atoms in total. The van der Waals surface area contributed by atoms with E-state index in [9.17, 15) is 8.42 Å². The Bertz CT molecular complexity index is 524. The second kappa shape index (κ2) is 5.58. The summed E-state index contributed by atoms with van der Waals surface area (Å²) >= 11 is 0. The van der Waals surface area contributed by atoms with Crippen LogP contribution in [-0.4, -0.2) is 47.8 Å². The summed E-state index contributed by atoms with van der Waals surface area (Å²) in [4.78, 5) is 4.30. The fraction of sp³-hybridized carbons (Fsp3) is 0.833. The quantitative estimate of drug-likeness (QED) is 0.849. The number of nitrogens with one attached hydrogen (secondary N) is 1. The van der Waals surface area contributed by atoms with Crippen LogP contribution in [0.15, 0.2) is 6.33 Å². The molecule has 1 aromatic heterocycles. The van der Waals surface area contributed by atoms with Gasteiger partial charge in [-0.3, -0.25) is 0 Å². The highest BCUT2D eigenvalue weighted by Gasteiger charge is 2.33. The molecule has 0 amide bonds. The Morgan fingerprint density at radius 3 is 2.79 bits per heavy atom. The van der Waals surface area contributed by atoms with Crippen molar-refractivity contribution in [1.29, 1.82) is 0 Å². The molecular formula is C12H22N4O2S. The fourth-order valence-electron chi connectivity index (χ4n) is 2.69. The average molecular weight is 286 g/mol. The minimum absolute atomic E-state index is 0.138. The van der Waals surface area contributed by atoms with E-state index >= 15 is 0 Å². The van der Waals surface area contributed by atoms with Gasteiger partial charge >= 0.3 is 0 Å².